The van der Waals surface area contributed by atoms with Gasteiger partial charge in [-0.05, 0) is 31.4 Å². The molecule has 1 atom stereocenters. The van der Waals surface area contributed by atoms with Gasteiger partial charge in [-0.3, -0.25) is 4.79 Å². The summed E-state index contributed by atoms with van der Waals surface area (Å²) >= 11 is 7.53. The third-order valence-corrected chi connectivity index (χ3v) is 5.01. The van der Waals surface area contributed by atoms with Gasteiger partial charge < -0.3 is 5.73 Å². The molecule has 0 bridgehead atoms. The molecule has 1 aromatic carbocycles. The van der Waals surface area contributed by atoms with Crippen LogP contribution in [0.2, 0.25) is 5.02 Å². The summed E-state index contributed by atoms with van der Waals surface area (Å²) in [6.45, 7) is 1.95. The third kappa shape index (κ3) is 1.86. The molecule has 5 heteroatoms. The number of nitrogen functional groups attached to an aromatic ring is 1. The van der Waals surface area contributed by atoms with Gasteiger partial charge in [-0.1, -0.05) is 41.1 Å². The molecule has 1 aromatic heterocycles. The first kappa shape index (κ1) is 12.6. The van der Waals surface area contributed by atoms with E-state index in [1.165, 1.54) is 11.3 Å². The van der Waals surface area contributed by atoms with E-state index in [-0.39, 0.29) is 5.78 Å². The number of Topliss-reactive ketones (excluding diaryl/α,β-unsaturated/α-hetero) is 1. The van der Waals surface area contributed by atoms with Crippen LogP contribution < -0.4 is 5.73 Å². The Hall–Kier alpha value is -1.39. The fraction of sp³-hybridized carbons (Fsp3) is 0.286. The van der Waals surface area contributed by atoms with E-state index in [0.29, 0.717) is 21.5 Å². The van der Waals surface area contributed by atoms with Crippen molar-refractivity contribution in [2.75, 3.05) is 5.73 Å². The topological polar surface area (TPSA) is 56.0 Å². The predicted molar refractivity (Wildman–Crippen MR) is 78.0 cm³/mol. The Labute approximate surface area is 120 Å². The van der Waals surface area contributed by atoms with Crippen molar-refractivity contribution in [2.24, 2.45) is 0 Å². The van der Waals surface area contributed by atoms with Gasteiger partial charge in [0.15, 0.2) is 10.9 Å². The summed E-state index contributed by atoms with van der Waals surface area (Å²) in [7, 11) is 0. The maximum absolute atomic E-state index is 12.8. The van der Waals surface area contributed by atoms with Crippen LogP contribution in [0, 0.1) is 0 Å². The first-order chi connectivity index (χ1) is 9.02. The molecule has 3 nitrogen and oxygen atoms in total. The summed E-state index contributed by atoms with van der Waals surface area (Å²) in [6, 6.07) is 7.54. The number of carbonyl (C=O) groups excluding carboxylic acids is 1. The van der Waals surface area contributed by atoms with Gasteiger partial charge in [0.25, 0.3) is 0 Å². The number of hydrogen-bond donors (Lipinski definition) is 1. The van der Waals surface area contributed by atoms with Gasteiger partial charge in [-0.25, -0.2) is 4.98 Å². The summed E-state index contributed by atoms with van der Waals surface area (Å²) in [5.41, 5.74) is 6.85. The Morgan fingerprint density at radius 1 is 1.42 bits per heavy atom. The molecule has 0 aliphatic heterocycles. The predicted octanol–water partition coefficient (Wildman–Crippen LogP) is 3.47. The second kappa shape index (κ2) is 4.32. The van der Waals surface area contributed by atoms with E-state index < -0.39 is 5.41 Å². The van der Waals surface area contributed by atoms with Crippen LogP contribution in [0.5, 0.6) is 0 Å². The van der Waals surface area contributed by atoms with Gasteiger partial charge in [-0.2, -0.15) is 0 Å². The molecule has 0 radical (unpaired) electrons. The van der Waals surface area contributed by atoms with Crippen LogP contribution in [-0.2, 0) is 11.8 Å². The Morgan fingerprint density at radius 2 is 2.16 bits per heavy atom. The average molecular weight is 293 g/mol. The fourth-order valence-corrected chi connectivity index (χ4v) is 3.91. The van der Waals surface area contributed by atoms with Crippen molar-refractivity contribution in [3.05, 3.63) is 45.4 Å². The first-order valence-electron chi connectivity index (χ1n) is 6.07. The number of hydrogen-bond acceptors (Lipinski definition) is 4. The number of nitrogens with two attached hydrogens (primary N) is 1. The molecule has 3 rings (SSSR count). The first-order valence-corrected chi connectivity index (χ1v) is 7.27. The highest BCUT2D eigenvalue weighted by molar-refractivity contribution is 7.17. The van der Waals surface area contributed by atoms with E-state index in [4.69, 9.17) is 17.3 Å². The Morgan fingerprint density at radius 3 is 2.89 bits per heavy atom. The number of ketones is 1. The van der Waals surface area contributed by atoms with Crippen LogP contribution in [0.3, 0.4) is 0 Å². The zero-order valence-electron chi connectivity index (χ0n) is 10.4. The number of carbonyl (C=O) groups is 1. The number of nitrogens with zero attached hydrogens (tertiary/aromatic N) is 1. The Bertz CT molecular complexity index is 667. The minimum Gasteiger partial charge on any atom is -0.375 e. The van der Waals surface area contributed by atoms with Crippen molar-refractivity contribution in [1.82, 2.24) is 4.98 Å². The molecular weight excluding hydrogens is 280 g/mol. The van der Waals surface area contributed by atoms with Crippen LogP contribution in [0.4, 0.5) is 5.13 Å². The number of fused-ring (bicyclic) bond motifs is 1. The van der Waals surface area contributed by atoms with Crippen molar-refractivity contribution in [3.63, 3.8) is 0 Å². The zero-order chi connectivity index (χ0) is 13.6. The normalized spacial score (nSPS) is 22.3. The fourth-order valence-electron chi connectivity index (χ4n) is 2.62. The molecule has 1 aliphatic rings. The molecule has 0 saturated heterocycles. The van der Waals surface area contributed by atoms with Crippen molar-refractivity contribution >= 4 is 33.9 Å². The lowest BCUT2D eigenvalue weighted by atomic mass is 9.71. The molecule has 1 unspecified atom stereocenters. The van der Waals surface area contributed by atoms with Crippen molar-refractivity contribution in [2.45, 2.75) is 25.2 Å². The number of anilines is 1. The van der Waals surface area contributed by atoms with E-state index >= 15 is 0 Å². The highest BCUT2D eigenvalue weighted by atomic mass is 35.5. The summed E-state index contributed by atoms with van der Waals surface area (Å²) in [6.07, 6.45) is 1.47. The molecule has 98 valence electrons. The monoisotopic (exact) mass is 292 g/mol. The minimum atomic E-state index is -0.579. The molecule has 2 aromatic rings. The number of benzene rings is 1. The van der Waals surface area contributed by atoms with Crippen molar-refractivity contribution < 1.29 is 4.79 Å². The number of aromatic nitrogens is 1. The van der Waals surface area contributed by atoms with E-state index in [1.807, 2.05) is 31.2 Å². The van der Waals surface area contributed by atoms with Gasteiger partial charge in [0, 0.05) is 5.02 Å². The summed E-state index contributed by atoms with van der Waals surface area (Å²) in [5, 5.41) is 1.10. The van der Waals surface area contributed by atoms with Crippen LogP contribution in [0.25, 0.3) is 0 Å². The van der Waals surface area contributed by atoms with Crippen LogP contribution in [0.1, 0.15) is 34.3 Å². The van der Waals surface area contributed by atoms with Crippen LogP contribution >= 0.6 is 22.9 Å². The van der Waals surface area contributed by atoms with Crippen molar-refractivity contribution in [1.29, 1.82) is 0 Å². The van der Waals surface area contributed by atoms with Gasteiger partial charge in [0.1, 0.15) is 0 Å². The summed E-state index contributed by atoms with van der Waals surface area (Å²) in [5.74, 6) is 0.0797. The van der Waals surface area contributed by atoms with E-state index in [2.05, 4.69) is 4.98 Å². The zero-order valence-corrected chi connectivity index (χ0v) is 12.0. The SMILES string of the molecule is CC1(c2ccccc2Cl)CCc2nc(N)sc2C1=O. The van der Waals surface area contributed by atoms with Gasteiger partial charge >= 0.3 is 0 Å². The highest BCUT2D eigenvalue weighted by Gasteiger charge is 2.42. The van der Waals surface area contributed by atoms with Gasteiger partial charge in [-0.15, -0.1) is 0 Å². The van der Waals surface area contributed by atoms with Crippen LogP contribution in [-0.4, -0.2) is 10.8 Å². The largest absolute Gasteiger partial charge is 0.375 e. The summed E-state index contributed by atoms with van der Waals surface area (Å²) < 4.78 is 0. The lowest BCUT2D eigenvalue weighted by Crippen LogP contribution is -2.37. The number of thiazole rings is 1. The Kier molecular flexibility index (Phi) is 2.87. The van der Waals surface area contributed by atoms with E-state index in [9.17, 15) is 4.79 Å². The molecular formula is C14H13ClN2OS. The van der Waals surface area contributed by atoms with E-state index in [1.54, 1.807) is 0 Å². The molecule has 0 fully saturated rings. The number of rotatable bonds is 1. The molecule has 2 N–H and O–H groups in total. The maximum atomic E-state index is 12.8. The standard InChI is InChI=1S/C14H13ClN2OS/c1-14(8-4-2-3-5-9(8)15)7-6-10-11(12(14)18)19-13(16)17-10/h2-5H,6-7H2,1H3,(H2,16,17). The second-order valence-electron chi connectivity index (χ2n) is 4.97. The second-order valence-corrected chi connectivity index (χ2v) is 6.41. The Balaban J connectivity index is 2.13. The summed E-state index contributed by atoms with van der Waals surface area (Å²) in [4.78, 5) is 17.7. The number of halogens is 1. The molecule has 1 aliphatic carbocycles. The molecule has 19 heavy (non-hydrogen) atoms. The average Bonchev–Trinajstić information content (AvgIpc) is 2.76. The minimum absolute atomic E-state index is 0.0797. The number of aryl methyl sites for hydroxylation is 1. The van der Waals surface area contributed by atoms with Crippen molar-refractivity contribution in [3.8, 4) is 0 Å². The molecule has 0 amide bonds. The molecule has 1 heterocycles. The van der Waals surface area contributed by atoms with E-state index in [0.717, 1.165) is 17.7 Å². The highest BCUT2D eigenvalue weighted by Crippen LogP contribution is 2.42. The quantitative estimate of drug-likeness (QED) is 0.875. The van der Waals surface area contributed by atoms with Crippen LogP contribution in [0.15, 0.2) is 24.3 Å². The molecule has 0 spiro atoms. The lowest BCUT2D eigenvalue weighted by Gasteiger charge is -2.32. The third-order valence-electron chi connectivity index (χ3n) is 3.75. The maximum Gasteiger partial charge on any atom is 0.185 e. The van der Waals surface area contributed by atoms with Gasteiger partial charge in [0.05, 0.1) is 16.0 Å². The van der Waals surface area contributed by atoms with Gasteiger partial charge in [0.2, 0.25) is 0 Å². The smallest absolute Gasteiger partial charge is 0.185 e. The molecule has 0 saturated carbocycles. The lowest BCUT2D eigenvalue weighted by molar-refractivity contribution is 0.0879.